The van der Waals surface area contributed by atoms with E-state index in [0.29, 0.717) is 0 Å². The zero-order chi connectivity index (χ0) is 36.4. The summed E-state index contributed by atoms with van der Waals surface area (Å²) >= 11 is 14.1. The number of para-hydroxylation sites is 1. The van der Waals surface area contributed by atoms with Crippen molar-refractivity contribution in [2.75, 3.05) is 9.80 Å². The van der Waals surface area contributed by atoms with Crippen molar-refractivity contribution in [2.24, 2.45) is 17.8 Å². The van der Waals surface area contributed by atoms with Gasteiger partial charge >= 0.3 is 5.97 Å². The van der Waals surface area contributed by atoms with E-state index < -0.39 is 110 Å². The number of benzene rings is 3. The van der Waals surface area contributed by atoms with Crippen molar-refractivity contribution < 1.29 is 56.1 Å². The molecule has 2 N–H and O–H groups in total. The van der Waals surface area contributed by atoms with E-state index in [4.69, 9.17) is 23.2 Å². The van der Waals surface area contributed by atoms with Gasteiger partial charge in [0, 0.05) is 11.5 Å². The zero-order valence-corrected chi connectivity index (χ0v) is 26.8. The van der Waals surface area contributed by atoms with E-state index in [0.717, 1.165) is 11.0 Å². The highest BCUT2D eigenvalue weighted by atomic mass is 35.5. The Kier molecular flexibility index (Phi) is 7.47. The van der Waals surface area contributed by atoms with Crippen molar-refractivity contribution in [2.45, 2.75) is 35.4 Å². The third-order valence-corrected chi connectivity index (χ3v) is 11.6. The van der Waals surface area contributed by atoms with Crippen LogP contribution in [-0.2, 0) is 19.2 Å². The van der Waals surface area contributed by atoms with Crippen LogP contribution in [0.15, 0.2) is 54.1 Å². The first-order chi connectivity index (χ1) is 23.5. The minimum Gasteiger partial charge on any atom is -0.507 e. The van der Waals surface area contributed by atoms with E-state index in [9.17, 15) is 47.4 Å². The number of amides is 4. The highest BCUT2D eigenvalue weighted by Gasteiger charge is 2.77. The number of phenols is 1. The van der Waals surface area contributed by atoms with Gasteiger partial charge in [0.2, 0.25) is 17.6 Å². The molecule has 0 radical (unpaired) electrons. The van der Waals surface area contributed by atoms with Gasteiger partial charge < -0.3 is 10.2 Å². The fourth-order valence-electron chi connectivity index (χ4n) is 7.86. The van der Waals surface area contributed by atoms with E-state index in [1.54, 1.807) is 0 Å². The Bertz CT molecular complexity index is 2130. The van der Waals surface area contributed by atoms with Crippen LogP contribution in [0.2, 0.25) is 0 Å². The molecule has 3 aromatic rings. The predicted molar refractivity (Wildman–Crippen MR) is 165 cm³/mol. The Morgan fingerprint density at radius 3 is 2.10 bits per heavy atom. The molecule has 3 fully saturated rings. The Labute approximate surface area is 288 Å². The summed E-state index contributed by atoms with van der Waals surface area (Å²) in [6, 6.07) is 9.32. The van der Waals surface area contributed by atoms with Gasteiger partial charge in [-0.25, -0.2) is 31.6 Å². The number of halogens is 7. The van der Waals surface area contributed by atoms with Crippen molar-refractivity contribution >= 4 is 64.2 Å². The molecule has 50 heavy (non-hydrogen) atoms. The summed E-state index contributed by atoms with van der Waals surface area (Å²) in [4.78, 5) is 63.1. The van der Waals surface area contributed by atoms with Gasteiger partial charge in [0.1, 0.15) is 11.4 Å². The molecule has 2 aliphatic carbocycles. The van der Waals surface area contributed by atoms with Crippen LogP contribution in [0.4, 0.5) is 33.3 Å². The van der Waals surface area contributed by atoms with E-state index in [1.165, 1.54) is 49.4 Å². The third-order valence-electron chi connectivity index (χ3n) is 10.2. The Balaban J connectivity index is 1.43. The average Bonchev–Trinajstić information content (AvgIpc) is 3.42. The second-order valence-electron chi connectivity index (χ2n) is 12.6. The zero-order valence-electron chi connectivity index (χ0n) is 25.3. The molecule has 4 amide bonds. The van der Waals surface area contributed by atoms with Crippen LogP contribution < -0.4 is 9.80 Å². The maximum absolute atomic E-state index is 15.2. The molecule has 2 heterocycles. The highest BCUT2D eigenvalue weighted by Crippen LogP contribution is 2.67. The van der Waals surface area contributed by atoms with Gasteiger partial charge in [-0.05, 0) is 49.4 Å². The van der Waals surface area contributed by atoms with Gasteiger partial charge in [0.25, 0.3) is 11.8 Å². The first-order valence-electron chi connectivity index (χ1n) is 15.0. The molecular formula is C34H21Cl2F5N2O7. The number of fused-ring (bicyclic) bond motifs is 4. The summed E-state index contributed by atoms with van der Waals surface area (Å²) in [5, 5.41) is 20.7. The van der Waals surface area contributed by atoms with Crippen molar-refractivity contribution in [1.29, 1.82) is 0 Å². The van der Waals surface area contributed by atoms with E-state index in [2.05, 4.69) is 0 Å². The topological polar surface area (TPSA) is 132 Å². The number of carboxylic acid groups (broad SMARTS) is 1. The van der Waals surface area contributed by atoms with Crippen molar-refractivity contribution in [3.8, 4) is 5.75 Å². The maximum atomic E-state index is 15.2. The molecule has 0 aromatic heterocycles. The predicted octanol–water partition coefficient (Wildman–Crippen LogP) is 5.86. The number of anilines is 2. The molecule has 1 saturated carbocycles. The molecule has 0 unspecified atom stereocenters. The SMILES string of the molecule is Cc1cccc([C@H]2C3=CC[C@@H]4C(=O)N(c5cccc(C(=O)O)c5)C(=O)[C@@H]4[C@@H]3C[C@@]3(Cl)C(=O)N(c4c(F)c(F)c(F)c(F)c4F)C(=O)[C@@]23Cl)c1O. The van der Waals surface area contributed by atoms with Gasteiger partial charge in [-0.3, -0.25) is 24.1 Å². The molecule has 0 spiro atoms. The van der Waals surface area contributed by atoms with Crippen LogP contribution in [-0.4, -0.2) is 49.6 Å². The summed E-state index contributed by atoms with van der Waals surface area (Å²) < 4.78 is 73.2. The highest BCUT2D eigenvalue weighted by molar-refractivity contribution is 6.58. The van der Waals surface area contributed by atoms with Crippen LogP contribution in [0, 0.1) is 53.8 Å². The number of rotatable bonds is 4. The second kappa shape index (κ2) is 11.1. The molecule has 2 aliphatic heterocycles. The third kappa shape index (κ3) is 4.14. The summed E-state index contributed by atoms with van der Waals surface area (Å²) in [7, 11) is 0. The minimum absolute atomic E-state index is 0.0589. The number of aromatic carboxylic acids is 1. The maximum Gasteiger partial charge on any atom is 0.335 e. The summed E-state index contributed by atoms with van der Waals surface area (Å²) in [5.74, 6) is -24.3. The fourth-order valence-corrected chi connectivity index (χ4v) is 8.79. The molecule has 0 bridgehead atoms. The van der Waals surface area contributed by atoms with Crippen molar-refractivity contribution in [1.82, 2.24) is 0 Å². The first-order valence-corrected chi connectivity index (χ1v) is 15.7. The largest absolute Gasteiger partial charge is 0.507 e. The molecule has 3 aromatic carbocycles. The number of allylic oxidation sites excluding steroid dienone is 2. The van der Waals surface area contributed by atoms with E-state index in [1.807, 2.05) is 0 Å². The molecule has 6 atom stereocenters. The average molecular weight is 735 g/mol. The standard InChI is InChI=1S/C34H21Cl2F5N2O7/c1-12-4-2-7-17(27(12)44)20-15-8-9-16-19(29(46)42(28(16)45)14-6-3-5-13(10-14)30(47)48)18(15)11-33(35)31(49)43(32(50)34(20,33)36)26-24(40)22(38)21(37)23(39)25(26)41/h2-8,10,16,18-20,44H,9,11H2,1H3,(H,47,48)/t16-,18+,19-,20+,33+,34-/m0/s1. The number of aromatic hydroxyl groups is 1. The van der Waals surface area contributed by atoms with E-state index >= 15 is 8.78 Å². The molecule has 16 heteroatoms. The van der Waals surface area contributed by atoms with Crippen LogP contribution in [0.25, 0.3) is 0 Å². The number of carboxylic acids is 1. The molecule has 9 nitrogen and oxygen atoms in total. The van der Waals surface area contributed by atoms with Gasteiger partial charge in [0.15, 0.2) is 33.0 Å². The smallest absolute Gasteiger partial charge is 0.335 e. The molecule has 7 rings (SSSR count). The number of carbonyl (C=O) groups is 5. The normalized spacial score (nSPS) is 28.8. The lowest BCUT2D eigenvalue weighted by Crippen LogP contribution is -2.60. The number of alkyl halides is 2. The lowest BCUT2D eigenvalue weighted by molar-refractivity contribution is -0.125. The molecular weight excluding hydrogens is 714 g/mol. The Morgan fingerprint density at radius 1 is 0.840 bits per heavy atom. The lowest BCUT2D eigenvalue weighted by atomic mass is 9.56. The van der Waals surface area contributed by atoms with Crippen LogP contribution in [0.5, 0.6) is 5.75 Å². The summed E-state index contributed by atoms with van der Waals surface area (Å²) in [6.07, 6.45) is 0.623. The fraction of sp³-hybridized carbons (Fsp3) is 0.265. The van der Waals surface area contributed by atoms with Crippen LogP contribution in [0.3, 0.4) is 0 Å². The van der Waals surface area contributed by atoms with Crippen molar-refractivity contribution in [3.05, 3.63) is 99.9 Å². The minimum atomic E-state index is -2.78. The van der Waals surface area contributed by atoms with Crippen molar-refractivity contribution in [3.63, 3.8) is 0 Å². The number of hydrogen-bond donors (Lipinski definition) is 2. The lowest BCUT2D eigenvalue weighted by Gasteiger charge is -2.50. The molecule has 2 saturated heterocycles. The van der Waals surface area contributed by atoms with Crippen LogP contribution >= 0.6 is 23.2 Å². The van der Waals surface area contributed by atoms with E-state index in [-0.39, 0.29) is 39.3 Å². The molecule has 258 valence electrons. The first kappa shape index (κ1) is 33.7. The monoisotopic (exact) mass is 734 g/mol. The number of carbonyl (C=O) groups excluding carboxylic acids is 4. The number of hydrogen-bond acceptors (Lipinski definition) is 6. The number of aryl methyl sites for hydroxylation is 1. The second-order valence-corrected chi connectivity index (χ2v) is 13.8. The number of phenolic OH excluding ortho intramolecular Hbond substituents is 1. The summed E-state index contributed by atoms with van der Waals surface area (Å²) in [6.45, 7) is 1.49. The number of nitrogens with zero attached hydrogens (tertiary/aromatic N) is 2. The number of imide groups is 2. The van der Waals surface area contributed by atoms with Gasteiger partial charge in [0.05, 0.1) is 23.1 Å². The van der Waals surface area contributed by atoms with Gasteiger partial charge in [-0.1, -0.05) is 35.9 Å². The van der Waals surface area contributed by atoms with Gasteiger partial charge in [-0.2, -0.15) is 0 Å². The quantitative estimate of drug-likeness (QED) is 0.0857. The van der Waals surface area contributed by atoms with Gasteiger partial charge in [-0.15, -0.1) is 23.2 Å². The van der Waals surface area contributed by atoms with Crippen LogP contribution in [0.1, 0.15) is 40.2 Å². The Morgan fingerprint density at radius 2 is 1.46 bits per heavy atom. The summed E-state index contributed by atoms with van der Waals surface area (Å²) in [5.41, 5.74) is -1.90. The Hall–Kier alpha value is -4.82. The molecule has 4 aliphatic rings.